The second kappa shape index (κ2) is 6.85. The van der Waals surface area contributed by atoms with Crippen LogP contribution in [0.2, 0.25) is 0 Å². The second-order valence-corrected chi connectivity index (χ2v) is 5.62. The molecule has 0 saturated carbocycles. The third-order valence-corrected chi connectivity index (χ3v) is 3.58. The van der Waals surface area contributed by atoms with Crippen LogP contribution in [0.25, 0.3) is 0 Å². The Kier molecular flexibility index (Phi) is 5.10. The van der Waals surface area contributed by atoms with Crippen molar-refractivity contribution in [2.75, 3.05) is 11.1 Å². The number of rotatable bonds is 6. The van der Waals surface area contributed by atoms with Crippen LogP contribution in [0.3, 0.4) is 0 Å². The van der Waals surface area contributed by atoms with E-state index >= 15 is 0 Å². The molecular weight excluding hydrogens is 303 g/mol. The topological polar surface area (TPSA) is 80.4 Å². The van der Waals surface area contributed by atoms with Gasteiger partial charge >= 0.3 is 0 Å². The van der Waals surface area contributed by atoms with Crippen LogP contribution in [0.1, 0.15) is 18.9 Å². The van der Waals surface area contributed by atoms with Crippen LogP contribution < -0.4 is 11.1 Å². The Bertz CT molecular complexity index is 678. The minimum atomic E-state index is -0.834. The molecule has 2 aromatic rings. The third kappa shape index (κ3) is 3.61. The molecule has 7 heteroatoms. The molecule has 0 unspecified atom stereocenters. The summed E-state index contributed by atoms with van der Waals surface area (Å²) in [6.07, 6.45) is 2.07. The highest BCUT2D eigenvalue weighted by atomic mass is 32.1. The maximum absolute atomic E-state index is 14.1. The van der Waals surface area contributed by atoms with Crippen molar-refractivity contribution in [2.45, 2.75) is 18.9 Å². The molecule has 0 fully saturated rings. The molecule has 22 heavy (non-hydrogen) atoms. The van der Waals surface area contributed by atoms with Crippen LogP contribution >= 0.6 is 12.6 Å². The summed E-state index contributed by atoms with van der Waals surface area (Å²) in [4.78, 5) is 14.8. The van der Waals surface area contributed by atoms with E-state index < -0.39 is 5.54 Å². The molecule has 3 N–H and O–H groups in total. The Morgan fingerprint density at radius 3 is 2.91 bits per heavy atom. The predicted octanol–water partition coefficient (Wildman–Crippen LogP) is 3.86. The molecule has 0 saturated heterocycles. The summed E-state index contributed by atoms with van der Waals surface area (Å²) >= 11 is 4.16. The van der Waals surface area contributed by atoms with Gasteiger partial charge < -0.3 is 11.1 Å². The van der Waals surface area contributed by atoms with E-state index in [-0.39, 0.29) is 11.5 Å². The van der Waals surface area contributed by atoms with Gasteiger partial charge in [0.2, 0.25) is 0 Å². The molecule has 0 aliphatic heterocycles. The van der Waals surface area contributed by atoms with Gasteiger partial charge in [-0.05, 0) is 54.6 Å². The number of halogens is 1. The number of benzene rings is 1. The molecule has 5 nitrogen and oxygen atoms in total. The average molecular weight is 320 g/mol. The summed E-state index contributed by atoms with van der Waals surface area (Å²) in [5.41, 5.74) is 6.47. The molecule has 1 aromatic carbocycles. The van der Waals surface area contributed by atoms with Crippen LogP contribution in [-0.4, -0.2) is 10.7 Å². The van der Waals surface area contributed by atoms with Gasteiger partial charge in [-0.25, -0.2) is 9.37 Å². The molecule has 2 rings (SSSR count). The lowest BCUT2D eigenvalue weighted by molar-refractivity contribution is 0.449. The molecule has 1 heterocycles. The maximum atomic E-state index is 14.1. The second-order valence-electron chi connectivity index (χ2n) is 5.17. The van der Waals surface area contributed by atoms with Crippen molar-refractivity contribution in [1.29, 1.82) is 0 Å². The highest BCUT2D eigenvalue weighted by molar-refractivity contribution is 7.80. The highest BCUT2D eigenvalue weighted by Crippen LogP contribution is 2.30. The van der Waals surface area contributed by atoms with Gasteiger partial charge in [0.25, 0.3) is 0 Å². The van der Waals surface area contributed by atoms with E-state index in [0.29, 0.717) is 29.2 Å². The Labute approximate surface area is 133 Å². The first-order valence-corrected chi connectivity index (χ1v) is 7.36. The summed E-state index contributed by atoms with van der Waals surface area (Å²) in [7, 11) is 0. The fourth-order valence-corrected chi connectivity index (χ4v) is 2.58. The number of nitrogens with zero attached hydrogens (tertiary/aromatic N) is 2. The summed E-state index contributed by atoms with van der Waals surface area (Å²) < 4.78 is 14.1. The lowest BCUT2D eigenvalue weighted by atomic mass is 9.89. The Balaban J connectivity index is 2.36. The number of nitroso groups, excluding NO2 is 1. The van der Waals surface area contributed by atoms with Gasteiger partial charge in [-0.2, -0.15) is 12.6 Å². The van der Waals surface area contributed by atoms with E-state index in [2.05, 4.69) is 28.1 Å². The van der Waals surface area contributed by atoms with Crippen LogP contribution in [-0.2, 0) is 5.54 Å². The molecule has 0 spiro atoms. The summed E-state index contributed by atoms with van der Waals surface area (Å²) in [6.45, 7) is 1.75. The largest absolute Gasteiger partial charge is 0.338 e. The van der Waals surface area contributed by atoms with Crippen LogP contribution in [0.15, 0.2) is 41.7 Å². The zero-order chi connectivity index (χ0) is 16.2. The average Bonchev–Trinajstić information content (AvgIpc) is 2.49. The van der Waals surface area contributed by atoms with Gasteiger partial charge in [0, 0.05) is 23.0 Å². The number of aromatic nitrogens is 1. The normalized spacial score (nSPS) is 13.5. The number of nitrogens with two attached hydrogens (primary N) is 1. The first kappa shape index (κ1) is 16.4. The van der Waals surface area contributed by atoms with E-state index in [9.17, 15) is 9.30 Å². The molecule has 1 aromatic heterocycles. The summed E-state index contributed by atoms with van der Waals surface area (Å²) in [5.74, 6) is 0.471. The Morgan fingerprint density at radius 1 is 1.45 bits per heavy atom. The van der Waals surface area contributed by atoms with Crippen molar-refractivity contribution >= 4 is 29.8 Å². The predicted molar refractivity (Wildman–Crippen MR) is 89.4 cm³/mol. The van der Waals surface area contributed by atoms with Gasteiger partial charge in [0.05, 0.1) is 0 Å². The first-order valence-electron chi connectivity index (χ1n) is 6.73. The number of anilines is 2. The van der Waals surface area contributed by atoms with E-state index in [1.165, 1.54) is 12.3 Å². The van der Waals surface area contributed by atoms with Crippen molar-refractivity contribution in [3.63, 3.8) is 0 Å². The number of pyridine rings is 1. The zero-order valence-corrected chi connectivity index (χ0v) is 13.0. The fraction of sp³-hybridized carbons (Fsp3) is 0.267. The fourth-order valence-electron chi connectivity index (χ4n) is 2.11. The van der Waals surface area contributed by atoms with E-state index in [0.717, 1.165) is 0 Å². The number of thiol groups is 1. The number of hydrogen-bond acceptors (Lipinski definition) is 6. The Hall–Kier alpha value is -1.99. The minimum absolute atomic E-state index is 0.180. The number of hydrogen-bond donors (Lipinski definition) is 3. The molecule has 0 aliphatic carbocycles. The van der Waals surface area contributed by atoms with E-state index in [1.807, 2.05) is 0 Å². The van der Waals surface area contributed by atoms with Gasteiger partial charge in [-0.15, -0.1) is 4.91 Å². The molecule has 1 atom stereocenters. The van der Waals surface area contributed by atoms with Gasteiger partial charge in [-0.1, -0.05) is 0 Å². The van der Waals surface area contributed by atoms with E-state index in [4.69, 9.17) is 5.73 Å². The molecule has 116 valence electrons. The molecule has 0 amide bonds. The Morgan fingerprint density at radius 2 is 2.23 bits per heavy atom. The minimum Gasteiger partial charge on any atom is -0.338 e. The standard InChI is InChI=1S/C15H17FN4OS/c1-15(17,6-8-22)11-9-10(4-5-12(11)16)19-14-13(20-21)3-2-7-18-14/h2-5,7,9,22H,6,8,17H2,1H3,(H,18,19)/t15-/m0/s1. The van der Waals surface area contributed by atoms with Gasteiger partial charge in [0.15, 0.2) is 11.5 Å². The summed E-state index contributed by atoms with van der Waals surface area (Å²) in [6, 6.07) is 7.65. The molecular formula is C15H17FN4OS. The van der Waals surface area contributed by atoms with Crippen LogP contribution in [0, 0.1) is 10.7 Å². The molecule has 0 aliphatic rings. The van der Waals surface area contributed by atoms with Crippen LogP contribution in [0.5, 0.6) is 0 Å². The lowest BCUT2D eigenvalue weighted by Gasteiger charge is -2.25. The molecule has 0 radical (unpaired) electrons. The van der Waals surface area contributed by atoms with Crippen molar-refractivity contribution < 1.29 is 4.39 Å². The van der Waals surface area contributed by atoms with Crippen molar-refractivity contribution in [2.24, 2.45) is 10.9 Å². The summed E-state index contributed by atoms with van der Waals surface area (Å²) in [5, 5.41) is 5.86. The smallest absolute Gasteiger partial charge is 0.159 e. The highest BCUT2D eigenvalue weighted by Gasteiger charge is 2.24. The van der Waals surface area contributed by atoms with Gasteiger partial charge in [-0.3, -0.25) is 0 Å². The van der Waals surface area contributed by atoms with Crippen molar-refractivity contribution in [1.82, 2.24) is 4.98 Å². The monoisotopic (exact) mass is 320 g/mol. The van der Waals surface area contributed by atoms with Gasteiger partial charge in [0.1, 0.15) is 5.82 Å². The van der Waals surface area contributed by atoms with Crippen molar-refractivity contribution in [3.05, 3.63) is 52.8 Å². The maximum Gasteiger partial charge on any atom is 0.159 e. The lowest BCUT2D eigenvalue weighted by Crippen LogP contribution is -2.34. The zero-order valence-electron chi connectivity index (χ0n) is 12.1. The van der Waals surface area contributed by atoms with Crippen LogP contribution in [0.4, 0.5) is 21.6 Å². The quantitative estimate of drug-likeness (QED) is 0.558. The first-order chi connectivity index (χ1) is 10.5. The molecule has 0 bridgehead atoms. The SMILES string of the molecule is C[C@](N)(CCS)c1cc(Nc2ncccc2N=O)ccc1F. The number of nitrogens with one attached hydrogen (secondary N) is 1. The van der Waals surface area contributed by atoms with E-state index in [1.54, 1.807) is 31.2 Å². The van der Waals surface area contributed by atoms with Crippen molar-refractivity contribution in [3.8, 4) is 0 Å². The third-order valence-electron chi connectivity index (χ3n) is 3.36.